The maximum absolute atomic E-state index is 13.2. The minimum absolute atomic E-state index is 0.00789. The van der Waals surface area contributed by atoms with Gasteiger partial charge in [0.15, 0.2) is 5.76 Å². The average molecular weight is 532 g/mol. The Morgan fingerprint density at radius 3 is 2.42 bits per heavy atom. The molecule has 4 aromatic rings. The zero-order valence-electron chi connectivity index (χ0n) is 22.4. The second kappa shape index (κ2) is 11.9. The Hall–Kier alpha value is -4.19. The molecule has 1 aliphatic heterocycles. The number of carbonyl (C=O) groups excluding carboxylic acids is 1. The topological polar surface area (TPSA) is 67.8 Å². The smallest absolute Gasteiger partial charge is 0.286 e. The number of hydrogen-bond acceptors (Lipinski definition) is 4. The predicted octanol–water partition coefficient (Wildman–Crippen LogP) is 6.04. The van der Waals surface area contributed by atoms with Crippen LogP contribution in [0.5, 0.6) is 0 Å². The quantitative estimate of drug-likeness (QED) is 0.243. The number of amides is 1. The summed E-state index contributed by atoms with van der Waals surface area (Å²) in [5.41, 5.74) is 9.42. The fourth-order valence-corrected chi connectivity index (χ4v) is 5.53. The van der Waals surface area contributed by atoms with Crippen molar-refractivity contribution in [1.82, 2.24) is 5.32 Å². The van der Waals surface area contributed by atoms with Crippen molar-refractivity contribution in [1.29, 1.82) is 0 Å². The van der Waals surface area contributed by atoms with Gasteiger partial charge in [-0.2, -0.15) is 0 Å². The van der Waals surface area contributed by atoms with Gasteiger partial charge >= 0.3 is 0 Å². The van der Waals surface area contributed by atoms with Crippen molar-refractivity contribution in [2.45, 2.75) is 44.7 Å². The fraction of sp³-hybridized carbons (Fsp3) is 0.229. The second-order valence-corrected chi connectivity index (χ2v) is 10.4. The van der Waals surface area contributed by atoms with Gasteiger partial charge in [0.25, 0.3) is 5.91 Å². The molecule has 1 aliphatic carbocycles. The Balaban J connectivity index is 1.19. The molecule has 0 spiro atoms. The molecular formula is C35H33NO4. The highest BCUT2D eigenvalue weighted by atomic mass is 16.7. The van der Waals surface area contributed by atoms with Crippen LogP contribution >= 0.6 is 0 Å². The number of ether oxygens (including phenoxy) is 2. The SMILES string of the molecule is O=C(NCCc1ccccc1)C1=C[C@@H](c2ccc3c(c2)Cc2ccccc2-3)C[C@@H](OCc2ccc(CO)cc2)O1. The van der Waals surface area contributed by atoms with Crippen LogP contribution in [0.3, 0.4) is 0 Å². The van der Waals surface area contributed by atoms with Crippen molar-refractivity contribution in [3.05, 3.63) is 142 Å². The van der Waals surface area contributed by atoms with Crippen LogP contribution in [0.4, 0.5) is 0 Å². The summed E-state index contributed by atoms with van der Waals surface area (Å²) in [6.45, 7) is 0.882. The van der Waals surface area contributed by atoms with Gasteiger partial charge in [0.1, 0.15) is 0 Å². The van der Waals surface area contributed by atoms with Crippen molar-refractivity contribution in [3.8, 4) is 11.1 Å². The molecule has 0 saturated carbocycles. The maximum Gasteiger partial charge on any atom is 0.286 e. The first-order chi connectivity index (χ1) is 19.7. The predicted molar refractivity (Wildman–Crippen MR) is 155 cm³/mol. The largest absolute Gasteiger partial charge is 0.459 e. The molecule has 202 valence electrons. The molecule has 0 bridgehead atoms. The molecular weight excluding hydrogens is 498 g/mol. The molecule has 1 amide bonds. The summed E-state index contributed by atoms with van der Waals surface area (Å²) in [5.74, 6) is 0.0585. The van der Waals surface area contributed by atoms with E-state index in [-0.39, 0.29) is 18.4 Å². The Labute approximate surface area is 235 Å². The van der Waals surface area contributed by atoms with Gasteiger partial charge in [-0.25, -0.2) is 0 Å². The number of carbonyl (C=O) groups is 1. The minimum atomic E-state index is -0.562. The lowest BCUT2D eigenvalue weighted by atomic mass is 9.90. The van der Waals surface area contributed by atoms with Crippen LogP contribution in [0.2, 0.25) is 0 Å². The van der Waals surface area contributed by atoms with Crippen molar-refractivity contribution in [2.75, 3.05) is 6.54 Å². The van der Waals surface area contributed by atoms with E-state index in [9.17, 15) is 9.90 Å². The van der Waals surface area contributed by atoms with E-state index < -0.39 is 6.29 Å². The summed E-state index contributed by atoms with van der Waals surface area (Å²) in [7, 11) is 0. The first-order valence-corrected chi connectivity index (χ1v) is 13.9. The molecule has 0 fully saturated rings. The fourth-order valence-electron chi connectivity index (χ4n) is 5.53. The molecule has 4 aromatic carbocycles. The molecule has 0 unspecified atom stereocenters. The Morgan fingerprint density at radius 2 is 1.60 bits per heavy atom. The summed E-state index contributed by atoms with van der Waals surface area (Å²) in [6, 6.07) is 33.0. The lowest BCUT2D eigenvalue weighted by molar-refractivity contribution is -0.150. The molecule has 6 rings (SSSR count). The van der Waals surface area contributed by atoms with E-state index >= 15 is 0 Å². The van der Waals surface area contributed by atoms with Gasteiger partial charge in [0.2, 0.25) is 6.29 Å². The number of rotatable bonds is 9. The van der Waals surface area contributed by atoms with Gasteiger partial charge in [-0.15, -0.1) is 0 Å². The average Bonchev–Trinajstić information content (AvgIpc) is 3.38. The lowest BCUT2D eigenvalue weighted by Crippen LogP contribution is -2.33. The third-order valence-corrected chi connectivity index (χ3v) is 7.71. The molecule has 1 heterocycles. The first-order valence-electron chi connectivity index (χ1n) is 13.9. The Kier molecular flexibility index (Phi) is 7.76. The molecule has 5 heteroatoms. The number of aliphatic hydroxyl groups excluding tert-OH is 1. The van der Waals surface area contributed by atoms with E-state index in [2.05, 4.69) is 59.9 Å². The van der Waals surface area contributed by atoms with Crippen LogP contribution in [-0.4, -0.2) is 23.8 Å². The van der Waals surface area contributed by atoms with Crippen LogP contribution in [-0.2, 0) is 40.3 Å². The minimum Gasteiger partial charge on any atom is -0.459 e. The third-order valence-electron chi connectivity index (χ3n) is 7.71. The van der Waals surface area contributed by atoms with Crippen LogP contribution in [0.1, 0.15) is 45.7 Å². The van der Waals surface area contributed by atoms with Gasteiger partial charge in [-0.05, 0) is 63.4 Å². The molecule has 2 aliphatic rings. The number of nitrogens with one attached hydrogen (secondary N) is 1. The number of hydrogen-bond donors (Lipinski definition) is 2. The normalized spacial score (nSPS) is 17.4. The molecule has 2 atom stereocenters. The van der Waals surface area contributed by atoms with Crippen molar-refractivity contribution in [2.24, 2.45) is 0 Å². The van der Waals surface area contributed by atoms with E-state index in [1.165, 1.54) is 27.8 Å². The van der Waals surface area contributed by atoms with Crippen molar-refractivity contribution < 1.29 is 19.4 Å². The third kappa shape index (κ3) is 5.86. The van der Waals surface area contributed by atoms with E-state index in [0.717, 1.165) is 29.5 Å². The van der Waals surface area contributed by atoms with E-state index in [1.54, 1.807) is 0 Å². The van der Waals surface area contributed by atoms with Gasteiger partial charge in [-0.1, -0.05) is 97.1 Å². The van der Waals surface area contributed by atoms with Crippen LogP contribution < -0.4 is 5.32 Å². The Morgan fingerprint density at radius 1 is 0.850 bits per heavy atom. The number of allylic oxidation sites excluding steroid dienone is 1. The molecule has 0 aromatic heterocycles. The van der Waals surface area contributed by atoms with Gasteiger partial charge in [-0.3, -0.25) is 4.79 Å². The second-order valence-electron chi connectivity index (χ2n) is 10.4. The number of aliphatic hydroxyl groups is 1. The lowest BCUT2D eigenvalue weighted by Gasteiger charge is -2.29. The van der Waals surface area contributed by atoms with Crippen LogP contribution in [0.15, 0.2) is 109 Å². The number of benzene rings is 4. The molecule has 2 N–H and O–H groups in total. The molecule has 0 saturated heterocycles. The highest BCUT2D eigenvalue weighted by Crippen LogP contribution is 2.40. The number of fused-ring (bicyclic) bond motifs is 3. The molecule has 0 radical (unpaired) electrons. The van der Waals surface area contributed by atoms with Crippen molar-refractivity contribution in [3.63, 3.8) is 0 Å². The summed E-state index contributed by atoms with van der Waals surface area (Å²) in [4.78, 5) is 13.2. The zero-order valence-corrected chi connectivity index (χ0v) is 22.4. The first kappa shape index (κ1) is 26.1. The Bertz CT molecular complexity index is 1510. The maximum atomic E-state index is 13.2. The van der Waals surface area contributed by atoms with E-state index in [4.69, 9.17) is 9.47 Å². The van der Waals surface area contributed by atoms with Gasteiger partial charge in [0.05, 0.1) is 13.2 Å². The standard InChI is InChI=1S/C35H33NO4/c37-22-25-10-12-26(13-11-25)23-39-34-21-29(20-33(40-34)35(38)36-17-16-24-6-2-1-3-7-24)27-14-15-32-30(18-27)19-28-8-4-5-9-31(28)32/h1-15,18,20,29,34,37H,16-17,19,21-23H2,(H,36,38)/t29-,34+/m1/s1. The highest BCUT2D eigenvalue weighted by Gasteiger charge is 2.30. The summed E-state index contributed by atoms with van der Waals surface area (Å²) in [6.07, 6.45) is 3.66. The molecule has 5 nitrogen and oxygen atoms in total. The van der Waals surface area contributed by atoms with E-state index in [0.29, 0.717) is 25.3 Å². The summed E-state index contributed by atoms with van der Waals surface area (Å²) < 4.78 is 12.3. The van der Waals surface area contributed by atoms with Crippen LogP contribution in [0.25, 0.3) is 11.1 Å². The van der Waals surface area contributed by atoms with Gasteiger partial charge < -0.3 is 19.9 Å². The van der Waals surface area contributed by atoms with Gasteiger partial charge in [0, 0.05) is 18.9 Å². The zero-order chi connectivity index (χ0) is 27.3. The summed E-state index contributed by atoms with van der Waals surface area (Å²) in [5, 5.41) is 12.3. The summed E-state index contributed by atoms with van der Waals surface area (Å²) >= 11 is 0. The van der Waals surface area contributed by atoms with Crippen molar-refractivity contribution >= 4 is 5.91 Å². The molecule has 40 heavy (non-hydrogen) atoms. The van der Waals surface area contributed by atoms with Crippen LogP contribution in [0, 0.1) is 0 Å². The highest BCUT2D eigenvalue weighted by molar-refractivity contribution is 5.91. The van der Waals surface area contributed by atoms with E-state index in [1.807, 2.05) is 48.5 Å². The monoisotopic (exact) mass is 531 g/mol.